The van der Waals surface area contributed by atoms with Crippen molar-refractivity contribution in [3.63, 3.8) is 0 Å². The molecular weight excluding hydrogens is 186 g/mol. The third-order valence-electron chi connectivity index (χ3n) is 3.52. The molecule has 2 heterocycles. The predicted octanol–water partition coefficient (Wildman–Crippen LogP) is 3.21. The van der Waals surface area contributed by atoms with Crippen molar-refractivity contribution in [2.24, 2.45) is 16.7 Å². The lowest BCUT2D eigenvalue weighted by atomic mass is 9.66. The average Bonchev–Trinajstić information content (AvgIpc) is 2.56. The molecule has 0 spiro atoms. The summed E-state index contributed by atoms with van der Waals surface area (Å²) in [6.45, 7) is 13.8. The predicted molar refractivity (Wildman–Crippen MR) is 62.0 cm³/mol. The zero-order valence-corrected chi connectivity index (χ0v) is 10.7. The number of nitrogens with zero attached hydrogens (tertiary/aromatic N) is 1. The van der Waals surface area contributed by atoms with Gasteiger partial charge in [0.2, 0.25) is 0 Å². The van der Waals surface area contributed by atoms with E-state index < -0.39 is 0 Å². The molecule has 1 saturated heterocycles. The Bertz CT molecular complexity index is 254. The standard InChI is InChI=1S/C13H23NO/c1-12(2,3)10-9-7-8-14(15-9)11(10)13(4,5)6/h7-11H,1-6H3. The lowest BCUT2D eigenvalue weighted by molar-refractivity contribution is -0.109. The SMILES string of the molecule is CC(C)(C)C1C2C=CN(O2)C1C(C)(C)C. The summed E-state index contributed by atoms with van der Waals surface area (Å²) in [7, 11) is 0. The van der Waals surface area contributed by atoms with Gasteiger partial charge in [0, 0.05) is 12.1 Å². The van der Waals surface area contributed by atoms with Crippen molar-refractivity contribution in [2.75, 3.05) is 0 Å². The first-order chi connectivity index (χ1) is 6.71. The lowest BCUT2D eigenvalue weighted by Gasteiger charge is -2.42. The van der Waals surface area contributed by atoms with Crippen LogP contribution >= 0.6 is 0 Å². The molecule has 0 aliphatic carbocycles. The van der Waals surface area contributed by atoms with E-state index in [4.69, 9.17) is 4.84 Å². The normalized spacial score (nSPS) is 35.3. The van der Waals surface area contributed by atoms with Crippen molar-refractivity contribution in [2.45, 2.75) is 53.7 Å². The summed E-state index contributed by atoms with van der Waals surface area (Å²) in [5.74, 6) is 0.586. The Morgan fingerprint density at radius 2 is 1.60 bits per heavy atom. The summed E-state index contributed by atoms with van der Waals surface area (Å²) in [5, 5.41) is 2.07. The average molecular weight is 209 g/mol. The highest BCUT2D eigenvalue weighted by atomic mass is 16.7. The molecule has 86 valence electrons. The molecule has 0 aromatic carbocycles. The Balaban J connectivity index is 2.33. The van der Waals surface area contributed by atoms with Gasteiger partial charge < -0.3 is 0 Å². The molecule has 2 nitrogen and oxygen atoms in total. The Kier molecular flexibility index (Phi) is 2.20. The van der Waals surface area contributed by atoms with Crippen LogP contribution in [0.4, 0.5) is 0 Å². The van der Waals surface area contributed by atoms with Crippen LogP contribution in [0.25, 0.3) is 0 Å². The highest BCUT2D eigenvalue weighted by Gasteiger charge is 2.53. The minimum absolute atomic E-state index is 0.261. The van der Waals surface area contributed by atoms with Crippen LogP contribution in [-0.2, 0) is 4.84 Å². The fourth-order valence-electron chi connectivity index (χ4n) is 2.95. The molecular formula is C13H23NO. The molecule has 2 aliphatic rings. The first kappa shape index (κ1) is 11.0. The van der Waals surface area contributed by atoms with E-state index in [1.54, 1.807) is 0 Å². The van der Waals surface area contributed by atoms with Gasteiger partial charge in [0.15, 0.2) is 0 Å². The van der Waals surface area contributed by atoms with Gasteiger partial charge >= 0.3 is 0 Å². The molecule has 0 aromatic rings. The molecule has 0 amide bonds. The van der Waals surface area contributed by atoms with Crippen molar-refractivity contribution in [3.05, 3.63) is 12.3 Å². The van der Waals surface area contributed by atoms with Gasteiger partial charge in [-0.15, -0.1) is 0 Å². The van der Waals surface area contributed by atoms with Crippen molar-refractivity contribution in [1.29, 1.82) is 0 Å². The molecule has 2 aliphatic heterocycles. The molecule has 2 bridgehead atoms. The van der Waals surface area contributed by atoms with E-state index >= 15 is 0 Å². The second kappa shape index (κ2) is 3.00. The molecule has 0 saturated carbocycles. The van der Waals surface area contributed by atoms with Crippen molar-refractivity contribution in [1.82, 2.24) is 5.06 Å². The largest absolute Gasteiger partial charge is 0.266 e. The molecule has 2 rings (SSSR count). The van der Waals surface area contributed by atoms with Gasteiger partial charge in [-0.2, -0.15) is 0 Å². The summed E-state index contributed by atoms with van der Waals surface area (Å²) in [5.41, 5.74) is 0.555. The molecule has 3 unspecified atom stereocenters. The van der Waals surface area contributed by atoms with Crippen LogP contribution in [0.5, 0.6) is 0 Å². The quantitative estimate of drug-likeness (QED) is 0.607. The van der Waals surface area contributed by atoms with Crippen LogP contribution < -0.4 is 0 Å². The van der Waals surface area contributed by atoms with Crippen molar-refractivity contribution >= 4 is 0 Å². The summed E-state index contributed by atoms with van der Waals surface area (Å²) < 4.78 is 0. The van der Waals surface area contributed by atoms with Crippen molar-refractivity contribution < 1.29 is 4.84 Å². The maximum absolute atomic E-state index is 5.87. The van der Waals surface area contributed by atoms with Crippen LogP contribution in [-0.4, -0.2) is 17.2 Å². The highest BCUT2D eigenvalue weighted by molar-refractivity contribution is 5.12. The molecule has 0 N–H and O–H groups in total. The molecule has 15 heavy (non-hydrogen) atoms. The Morgan fingerprint density at radius 1 is 1.00 bits per heavy atom. The van der Waals surface area contributed by atoms with E-state index in [1.165, 1.54) is 0 Å². The van der Waals surface area contributed by atoms with Crippen LogP contribution in [0.1, 0.15) is 41.5 Å². The molecule has 2 heteroatoms. The van der Waals surface area contributed by atoms with E-state index in [0.29, 0.717) is 17.4 Å². The minimum Gasteiger partial charge on any atom is -0.266 e. The minimum atomic E-state index is 0.261. The van der Waals surface area contributed by atoms with Crippen molar-refractivity contribution in [3.8, 4) is 0 Å². The zero-order chi connectivity index (χ0) is 11.4. The lowest BCUT2D eigenvalue weighted by Crippen LogP contribution is -2.47. The second-order valence-electron chi connectivity index (χ2n) is 6.97. The van der Waals surface area contributed by atoms with E-state index in [-0.39, 0.29) is 11.5 Å². The number of rotatable bonds is 0. The van der Waals surface area contributed by atoms with Gasteiger partial charge in [-0.3, -0.25) is 9.90 Å². The number of fused-ring (bicyclic) bond motifs is 2. The fraction of sp³-hybridized carbons (Fsp3) is 0.846. The zero-order valence-electron chi connectivity index (χ0n) is 10.7. The third-order valence-corrected chi connectivity index (χ3v) is 3.52. The Labute approximate surface area is 93.2 Å². The molecule has 1 fully saturated rings. The highest BCUT2D eigenvalue weighted by Crippen LogP contribution is 2.49. The van der Waals surface area contributed by atoms with E-state index in [0.717, 1.165) is 0 Å². The van der Waals surface area contributed by atoms with E-state index in [1.807, 2.05) is 0 Å². The maximum Gasteiger partial charge on any atom is 0.111 e. The Morgan fingerprint density at radius 3 is 2.00 bits per heavy atom. The topological polar surface area (TPSA) is 12.5 Å². The Hall–Kier alpha value is -0.500. The monoisotopic (exact) mass is 209 g/mol. The third kappa shape index (κ3) is 1.69. The van der Waals surface area contributed by atoms with E-state index in [9.17, 15) is 0 Å². The molecule has 0 radical (unpaired) electrons. The number of hydroxylamine groups is 2. The van der Waals surface area contributed by atoms with Gasteiger partial charge in [0.25, 0.3) is 0 Å². The smallest absolute Gasteiger partial charge is 0.111 e. The van der Waals surface area contributed by atoms with Crippen LogP contribution in [0, 0.1) is 16.7 Å². The first-order valence-electron chi connectivity index (χ1n) is 5.85. The van der Waals surface area contributed by atoms with Gasteiger partial charge in [0.1, 0.15) is 6.10 Å². The van der Waals surface area contributed by atoms with Gasteiger partial charge in [-0.1, -0.05) is 41.5 Å². The fourth-order valence-corrected chi connectivity index (χ4v) is 2.95. The summed E-state index contributed by atoms with van der Waals surface area (Å²) in [4.78, 5) is 5.87. The van der Waals surface area contributed by atoms with Crippen LogP contribution in [0.3, 0.4) is 0 Å². The van der Waals surface area contributed by atoms with Crippen LogP contribution in [0.2, 0.25) is 0 Å². The summed E-state index contributed by atoms with van der Waals surface area (Å²) in [6, 6.07) is 0.493. The van der Waals surface area contributed by atoms with Crippen LogP contribution in [0.15, 0.2) is 12.3 Å². The molecule has 0 aromatic heterocycles. The van der Waals surface area contributed by atoms with Gasteiger partial charge in [0.05, 0.1) is 6.04 Å². The molecule has 3 atom stereocenters. The number of hydrogen-bond donors (Lipinski definition) is 0. The van der Waals surface area contributed by atoms with Gasteiger partial charge in [-0.05, 0) is 16.9 Å². The summed E-state index contributed by atoms with van der Waals surface area (Å²) >= 11 is 0. The maximum atomic E-state index is 5.87. The first-order valence-corrected chi connectivity index (χ1v) is 5.85. The summed E-state index contributed by atoms with van der Waals surface area (Å²) in [6.07, 6.45) is 4.58. The van der Waals surface area contributed by atoms with Gasteiger partial charge in [-0.25, -0.2) is 0 Å². The number of hydrogen-bond acceptors (Lipinski definition) is 2. The second-order valence-corrected chi connectivity index (χ2v) is 6.97. The van der Waals surface area contributed by atoms with E-state index in [2.05, 4.69) is 58.9 Å².